The molecule has 3 heterocycles. The third kappa shape index (κ3) is 2.46. The van der Waals surface area contributed by atoms with Crippen molar-refractivity contribution in [2.75, 3.05) is 7.11 Å². The number of methoxy groups -OCH3 is 1. The van der Waals surface area contributed by atoms with Crippen LogP contribution in [0.15, 0.2) is 47.8 Å². The zero-order valence-electron chi connectivity index (χ0n) is 13.7. The molecule has 0 radical (unpaired) electrons. The molecule has 4 rings (SSSR count). The van der Waals surface area contributed by atoms with Crippen LogP contribution in [0.25, 0.3) is 33.0 Å². The van der Waals surface area contributed by atoms with Gasteiger partial charge in [0.15, 0.2) is 5.82 Å². The van der Waals surface area contributed by atoms with E-state index in [-0.39, 0.29) is 0 Å². The Balaban J connectivity index is 2.00. The first kappa shape index (κ1) is 15.4. The minimum atomic E-state index is 0.315. The molecule has 0 bridgehead atoms. The minimum absolute atomic E-state index is 0.315. The zero-order valence-corrected chi connectivity index (χ0v) is 14.5. The van der Waals surface area contributed by atoms with Crippen molar-refractivity contribution in [3.63, 3.8) is 0 Å². The summed E-state index contributed by atoms with van der Waals surface area (Å²) >= 11 is 1.58. The van der Waals surface area contributed by atoms with Gasteiger partial charge in [-0.15, -0.1) is 11.3 Å². The molecule has 0 amide bonds. The Morgan fingerprint density at radius 1 is 1.16 bits per heavy atom. The summed E-state index contributed by atoms with van der Waals surface area (Å²) in [6, 6.07) is 16.0. The van der Waals surface area contributed by atoms with Gasteiger partial charge in [-0.1, -0.05) is 18.2 Å². The number of pyridine rings is 1. The third-order valence-corrected chi connectivity index (χ3v) is 5.00. The fourth-order valence-electron chi connectivity index (χ4n) is 2.89. The van der Waals surface area contributed by atoms with Crippen molar-refractivity contribution in [3.8, 4) is 33.9 Å². The third-order valence-electron chi connectivity index (χ3n) is 4.09. The van der Waals surface area contributed by atoms with Gasteiger partial charge < -0.3 is 9.30 Å². The molecule has 4 aromatic rings. The number of hydrogen-bond donors (Lipinski definition) is 0. The second kappa shape index (κ2) is 6.04. The number of nitriles is 1. The topological polar surface area (TPSA) is 63.7 Å². The molecular weight excluding hydrogens is 332 g/mol. The van der Waals surface area contributed by atoms with Crippen molar-refractivity contribution in [2.24, 2.45) is 7.05 Å². The molecule has 0 N–H and O–H groups in total. The lowest BCUT2D eigenvalue weighted by molar-refractivity contribution is 0.397. The van der Waals surface area contributed by atoms with E-state index in [4.69, 9.17) is 9.72 Å². The lowest BCUT2D eigenvalue weighted by atomic mass is 10.1. The molecule has 0 aliphatic rings. The summed E-state index contributed by atoms with van der Waals surface area (Å²) in [4.78, 5) is 10.2. The second-order valence-corrected chi connectivity index (χ2v) is 6.46. The Morgan fingerprint density at radius 3 is 2.68 bits per heavy atom. The highest BCUT2D eigenvalue weighted by Gasteiger charge is 2.19. The van der Waals surface area contributed by atoms with E-state index in [1.54, 1.807) is 11.3 Å². The summed E-state index contributed by atoms with van der Waals surface area (Å²) in [7, 11) is 3.49. The van der Waals surface area contributed by atoms with Crippen molar-refractivity contribution < 1.29 is 4.74 Å². The Kier molecular flexibility index (Phi) is 3.71. The van der Waals surface area contributed by atoms with Crippen molar-refractivity contribution in [3.05, 3.63) is 53.4 Å². The van der Waals surface area contributed by atoms with Crippen molar-refractivity contribution in [2.45, 2.75) is 0 Å². The summed E-state index contributed by atoms with van der Waals surface area (Å²) in [5.41, 5.74) is 3.86. The number of nitrogens with zero attached hydrogens (tertiary/aromatic N) is 4. The molecule has 0 aliphatic heterocycles. The molecule has 25 heavy (non-hydrogen) atoms. The number of thiophene rings is 1. The van der Waals surface area contributed by atoms with Crippen LogP contribution in [0.2, 0.25) is 0 Å². The summed E-state index contributed by atoms with van der Waals surface area (Å²) in [6.45, 7) is 0. The average Bonchev–Trinajstić information content (AvgIpc) is 3.29. The molecule has 0 saturated carbocycles. The van der Waals surface area contributed by atoms with Gasteiger partial charge in [0.25, 0.3) is 0 Å². The monoisotopic (exact) mass is 346 g/mol. The van der Waals surface area contributed by atoms with Crippen LogP contribution in [0.5, 0.6) is 5.88 Å². The highest BCUT2D eigenvalue weighted by molar-refractivity contribution is 7.13. The fourth-order valence-corrected chi connectivity index (χ4v) is 3.64. The Morgan fingerprint density at radius 2 is 2.00 bits per heavy atom. The number of para-hydroxylation sites is 2. The van der Waals surface area contributed by atoms with Gasteiger partial charge >= 0.3 is 0 Å². The number of benzene rings is 1. The molecule has 0 spiro atoms. The van der Waals surface area contributed by atoms with Gasteiger partial charge in [0.05, 0.1) is 18.1 Å². The molecule has 0 atom stereocenters. The average molecular weight is 346 g/mol. The van der Waals surface area contributed by atoms with Gasteiger partial charge in [-0.2, -0.15) is 5.26 Å². The number of hydrogen-bond acceptors (Lipinski definition) is 5. The first-order valence-corrected chi connectivity index (χ1v) is 8.55. The Hall–Kier alpha value is -3.17. The highest BCUT2D eigenvalue weighted by Crippen LogP contribution is 2.35. The van der Waals surface area contributed by atoms with E-state index in [0.29, 0.717) is 17.1 Å². The maximum atomic E-state index is 9.57. The quantitative estimate of drug-likeness (QED) is 0.556. The van der Waals surface area contributed by atoms with Gasteiger partial charge in [0.2, 0.25) is 5.88 Å². The van der Waals surface area contributed by atoms with Crippen LogP contribution in [0.1, 0.15) is 5.56 Å². The maximum Gasteiger partial charge on any atom is 0.232 e. The van der Waals surface area contributed by atoms with Crippen LogP contribution in [0.4, 0.5) is 0 Å². The Bertz CT molecular complexity index is 1110. The zero-order chi connectivity index (χ0) is 17.4. The van der Waals surface area contributed by atoms with Gasteiger partial charge in [0.1, 0.15) is 17.3 Å². The van der Waals surface area contributed by atoms with E-state index in [9.17, 15) is 5.26 Å². The molecule has 122 valence electrons. The van der Waals surface area contributed by atoms with E-state index < -0.39 is 0 Å². The second-order valence-electron chi connectivity index (χ2n) is 5.51. The fraction of sp³-hybridized carbons (Fsp3) is 0.105. The molecule has 0 aliphatic carbocycles. The van der Waals surface area contributed by atoms with Crippen LogP contribution < -0.4 is 4.74 Å². The van der Waals surface area contributed by atoms with Gasteiger partial charge in [0, 0.05) is 17.5 Å². The van der Waals surface area contributed by atoms with E-state index in [2.05, 4.69) is 11.1 Å². The van der Waals surface area contributed by atoms with Crippen LogP contribution >= 0.6 is 11.3 Å². The summed E-state index contributed by atoms with van der Waals surface area (Å²) in [5.74, 6) is 1.05. The summed E-state index contributed by atoms with van der Waals surface area (Å²) in [5, 5.41) is 11.6. The van der Waals surface area contributed by atoms with E-state index in [1.165, 1.54) is 7.11 Å². The van der Waals surface area contributed by atoms with Gasteiger partial charge in [-0.3, -0.25) is 0 Å². The van der Waals surface area contributed by atoms with E-state index in [0.717, 1.165) is 27.3 Å². The number of imidazole rings is 1. The largest absolute Gasteiger partial charge is 0.480 e. The highest BCUT2D eigenvalue weighted by atomic mass is 32.1. The Labute approximate surface area is 148 Å². The number of fused-ring (bicyclic) bond motifs is 1. The maximum absolute atomic E-state index is 9.57. The number of aromatic nitrogens is 3. The van der Waals surface area contributed by atoms with E-state index in [1.807, 2.05) is 59.5 Å². The molecule has 0 unspecified atom stereocenters. The molecule has 0 fully saturated rings. The smallest absolute Gasteiger partial charge is 0.232 e. The first-order valence-electron chi connectivity index (χ1n) is 7.67. The lowest BCUT2D eigenvalue weighted by Gasteiger charge is -2.10. The minimum Gasteiger partial charge on any atom is -0.480 e. The molecular formula is C19H14N4OS. The van der Waals surface area contributed by atoms with Crippen LogP contribution in [-0.2, 0) is 7.05 Å². The van der Waals surface area contributed by atoms with E-state index >= 15 is 0 Å². The van der Waals surface area contributed by atoms with Gasteiger partial charge in [-0.25, -0.2) is 9.97 Å². The van der Waals surface area contributed by atoms with Gasteiger partial charge in [-0.05, 0) is 29.6 Å². The van der Waals surface area contributed by atoms with Crippen molar-refractivity contribution in [1.29, 1.82) is 5.26 Å². The standard InChI is InChI=1S/C19H14N4OS/c1-23-16-7-4-3-6-14(16)21-18(23)15-10-12(17-8-5-9-25-17)13(11-20)19(22-15)24-2/h3-10H,1-2H3. The molecule has 6 heteroatoms. The summed E-state index contributed by atoms with van der Waals surface area (Å²) in [6.07, 6.45) is 0. The predicted molar refractivity (Wildman–Crippen MR) is 98.5 cm³/mol. The van der Waals surface area contributed by atoms with Crippen LogP contribution in [-0.4, -0.2) is 21.6 Å². The van der Waals surface area contributed by atoms with Crippen molar-refractivity contribution >= 4 is 22.4 Å². The predicted octanol–water partition coefficient (Wildman–Crippen LogP) is 4.24. The van der Waals surface area contributed by atoms with Crippen LogP contribution in [0, 0.1) is 11.3 Å². The van der Waals surface area contributed by atoms with Crippen molar-refractivity contribution in [1.82, 2.24) is 14.5 Å². The molecule has 1 aromatic carbocycles. The molecule has 0 saturated heterocycles. The normalized spacial score (nSPS) is 10.8. The number of ether oxygens (including phenoxy) is 1. The first-order chi connectivity index (χ1) is 12.2. The molecule has 5 nitrogen and oxygen atoms in total. The van der Waals surface area contributed by atoms with Crippen LogP contribution in [0.3, 0.4) is 0 Å². The summed E-state index contributed by atoms with van der Waals surface area (Å²) < 4.78 is 7.39. The molecule has 3 aromatic heterocycles. The number of aryl methyl sites for hydroxylation is 1. The lowest BCUT2D eigenvalue weighted by Crippen LogP contribution is -2.00. The SMILES string of the molecule is COc1nc(-c2nc3ccccc3n2C)cc(-c2cccs2)c1C#N. The number of rotatable bonds is 3.